The van der Waals surface area contributed by atoms with Crippen molar-refractivity contribution in [2.75, 3.05) is 0 Å². The van der Waals surface area contributed by atoms with Gasteiger partial charge in [-0.3, -0.25) is 4.79 Å². The van der Waals surface area contributed by atoms with Gasteiger partial charge in [-0.1, -0.05) is 17.8 Å². The highest BCUT2D eigenvalue weighted by atomic mass is 32.2. The number of amides is 1. The molecule has 2 aromatic rings. The summed E-state index contributed by atoms with van der Waals surface area (Å²) in [4.78, 5) is 11.0. The van der Waals surface area contributed by atoms with Crippen LogP contribution < -0.4 is 5.73 Å². The van der Waals surface area contributed by atoms with Gasteiger partial charge < -0.3 is 5.73 Å². The number of carbonyl (C=O) groups excluding carboxylic acids is 1. The summed E-state index contributed by atoms with van der Waals surface area (Å²) in [5.74, 6) is -0.851. The molecule has 1 aromatic heterocycles. The molecule has 0 aliphatic carbocycles. The van der Waals surface area contributed by atoms with Gasteiger partial charge in [0.05, 0.1) is 10.9 Å². The van der Waals surface area contributed by atoms with Gasteiger partial charge in [-0.2, -0.15) is 4.68 Å². The number of benzene rings is 1. The predicted molar refractivity (Wildman–Crippen MR) is 63.6 cm³/mol. The normalized spacial score (nSPS) is 12.3. The molecule has 0 radical (unpaired) electrons. The first-order valence-electron chi connectivity index (χ1n) is 5.08. The van der Waals surface area contributed by atoms with E-state index in [4.69, 9.17) is 5.73 Å². The molecule has 94 valence electrons. The molecule has 2 rings (SSSR count). The van der Waals surface area contributed by atoms with Crippen molar-refractivity contribution in [3.05, 3.63) is 30.1 Å². The Hall–Kier alpha value is -1.96. The Morgan fingerprint density at radius 3 is 3.00 bits per heavy atom. The van der Waals surface area contributed by atoms with Crippen LogP contribution >= 0.6 is 11.8 Å². The Kier molecular flexibility index (Phi) is 3.56. The van der Waals surface area contributed by atoms with E-state index in [0.717, 1.165) is 11.8 Å². The monoisotopic (exact) mass is 267 g/mol. The summed E-state index contributed by atoms with van der Waals surface area (Å²) in [6.45, 7) is 1.65. The molecule has 0 unspecified atom stereocenters. The lowest BCUT2D eigenvalue weighted by molar-refractivity contribution is -0.117. The second-order valence-electron chi connectivity index (χ2n) is 3.52. The number of thioether (sulfide) groups is 1. The van der Waals surface area contributed by atoms with Crippen LogP contribution in [0.4, 0.5) is 4.39 Å². The number of primary amides is 1. The second kappa shape index (κ2) is 5.13. The molecule has 0 aliphatic rings. The van der Waals surface area contributed by atoms with Crippen molar-refractivity contribution in [3.63, 3.8) is 0 Å². The van der Waals surface area contributed by atoms with Crippen molar-refractivity contribution >= 4 is 17.7 Å². The maximum Gasteiger partial charge on any atom is 0.230 e. The molecule has 0 fully saturated rings. The van der Waals surface area contributed by atoms with E-state index in [9.17, 15) is 9.18 Å². The molecule has 0 bridgehead atoms. The van der Waals surface area contributed by atoms with E-state index in [1.807, 2.05) is 0 Å². The Bertz CT molecular complexity index is 573. The van der Waals surface area contributed by atoms with E-state index >= 15 is 0 Å². The zero-order valence-corrected chi connectivity index (χ0v) is 10.3. The lowest BCUT2D eigenvalue weighted by Gasteiger charge is -2.07. The predicted octanol–water partition coefficient (Wildman–Crippen LogP) is 0.767. The molecular formula is C10H10FN5OS. The van der Waals surface area contributed by atoms with Crippen LogP contribution in [0.1, 0.15) is 6.92 Å². The standard InChI is InChI=1S/C10H10FN5OS/c1-6(9(12)17)18-10-13-14-15-16(10)8-4-2-3-7(11)5-8/h2-6H,1H3,(H2,12,17)/t6-/m1/s1. The SMILES string of the molecule is C[C@@H](Sc1nnnn1-c1cccc(F)c1)C(N)=O. The third kappa shape index (κ3) is 2.65. The van der Waals surface area contributed by atoms with Gasteiger partial charge in [-0.15, -0.1) is 5.10 Å². The van der Waals surface area contributed by atoms with Crippen LogP contribution in [0.3, 0.4) is 0 Å². The molecule has 1 amide bonds. The fourth-order valence-electron chi connectivity index (χ4n) is 1.24. The summed E-state index contributed by atoms with van der Waals surface area (Å²) in [6, 6.07) is 5.85. The van der Waals surface area contributed by atoms with Crippen LogP contribution in [-0.4, -0.2) is 31.4 Å². The number of nitrogens with zero attached hydrogens (tertiary/aromatic N) is 4. The fraction of sp³-hybridized carbons (Fsp3) is 0.200. The van der Waals surface area contributed by atoms with Crippen molar-refractivity contribution in [1.29, 1.82) is 0 Å². The molecule has 0 aliphatic heterocycles. The number of tetrazole rings is 1. The van der Waals surface area contributed by atoms with Gasteiger partial charge in [-0.05, 0) is 35.5 Å². The maximum absolute atomic E-state index is 13.1. The maximum atomic E-state index is 13.1. The summed E-state index contributed by atoms with van der Waals surface area (Å²) in [7, 11) is 0. The molecular weight excluding hydrogens is 257 g/mol. The minimum atomic E-state index is -0.469. The molecule has 18 heavy (non-hydrogen) atoms. The van der Waals surface area contributed by atoms with Crippen LogP contribution in [0.25, 0.3) is 5.69 Å². The third-order valence-corrected chi connectivity index (χ3v) is 3.23. The zero-order chi connectivity index (χ0) is 13.1. The fourth-order valence-corrected chi connectivity index (χ4v) is 2.00. The summed E-state index contributed by atoms with van der Waals surface area (Å²) >= 11 is 1.12. The molecule has 2 N–H and O–H groups in total. The first kappa shape index (κ1) is 12.5. The lowest BCUT2D eigenvalue weighted by atomic mass is 10.3. The highest BCUT2D eigenvalue weighted by Crippen LogP contribution is 2.22. The topological polar surface area (TPSA) is 86.7 Å². The van der Waals surface area contributed by atoms with Gasteiger partial charge in [0.15, 0.2) is 0 Å². The van der Waals surface area contributed by atoms with Gasteiger partial charge >= 0.3 is 0 Å². The number of halogens is 1. The van der Waals surface area contributed by atoms with Crippen LogP contribution in [0.15, 0.2) is 29.4 Å². The average Bonchev–Trinajstić information content (AvgIpc) is 2.77. The Morgan fingerprint density at radius 2 is 2.33 bits per heavy atom. The van der Waals surface area contributed by atoms with Crippen molar-refractivity contribution in [1.82, 2.24) is 20.2 Å². The molecule has 0 saturated heterocycles. The van der Waals surface area contributed by atoms with Gasteiger partial charge in [-0.25, -0.2) is 4.39 Å². The number of rotatable bonds is 4. The van der Waals surface area contributed by atoms with E-state index in [2.05, 4.69) is 15.5 Å². The highest BCUT2D eigenvalue weighted by molar-refractivity contribution is 8.00. The number of hydrogen-bond donors (Lipinski definition) is 1. The molecule has 6 nitrogen and oxygen atoms in total. The number of aromatic nitrogens is 4. The summed E-state index contributed by atoms with van der Waals surface area (Å²) < 4.78 is 14.5. The number of nitrogens with two attached hydrogens (primary N) is 1. The van der Waals surface area contributed by atoms with E-state index < -0.39 is 11.2 Å². The molecule has 1 heterocycles. The molecule has 1 aromatic carbocycles. The van der Waals surface area contributed by atoms with E-state index in [1.165, 1.54) is 16.8 Å². The van der Waals surface area contributed by atoms with Gasteiger partial charge in [0.2, 0.25) is 11.1 Å². The van der Waals surface area contributed by atoms with Gasteiger partial charge in [0.25, 0.3) is 0 Å². The molecule has 8 heteroatoms. The third-order valence-electron chi connectivity index (χ3n) is 2.18. The minimum absolute atomic E-state index is 0.381. The lowest BCUT2D eigenvalue weighted by Crippen LogP contribution is -2.23. The molecule has 1 atom stereocenters. The molecule has 0 saturated carbocycles. The average molecular weight is 267 g/mol. The van der Waals surface area contributed by atoms with Gasteiger partial charge in [0, 0.05) is 0 Å². The zero-order valence-electron chi connectivity index (χ0n) is 9.45. The number of carbonyl (C=O) groups is 1. The highest BCUT2D eigenvalue weighted by Gasteiger charge is 2.16. The summed E-state index contributed by atoms with van der Waals surface area (Å²) in [6.07, 6.45) is 0. The first-order chi connectivity index (χ1) is 8.58. The quantitative estimate of drug-likeness (QED) is 0.827. The smallest absolute Gasteiger partial charge is 0.230 e. The van der Waals surface area contributed by atoms with Crippen molar-refractivity contribution in [2.45, 2.75) is 17.3 Å². The Morgan fingerprint density at radius 1 is 1.56 bits per heavy atom. The second-order valence-corrected chi connectivity index (χ2v) is 4.82. The van der Waals surface area contributed by atoms with Crippen LogP contribution in [0, 0.1) is 5.82 Å². The first-order valence-corrected chi connectivity index (χ1v) is 5.96. The summed E-state index contributed by atoms with van der Waals surface area (Å²) in [5.41, 5.74) is 5.65. The minimum Gasteiger partial charge on any atom is -0.369 e. The Labute approximate surface area is 106 Å². The van der Waals surface area contributed by atoms with Crippen molar-refractivity contribution in [2.24, 2.45) is 5.73 Å². The Balaban J connectivity index is 2.30. The van der Waals surface area contributed by atoms with E-state index in [-0.39, 0.29) is 5.82 Å². The van der Waals surface area contributed by atoms with Crippen molar-refractivity contribution in [3.8, 4) is 5.69 Å². The van der Waals surface area contributed by atoms with Crippen molar-refractivity contribution < 1.29 is 9.18 Å². The summed E-state index contributed by atoms with van der Waals surface area (Å²) in [5, 5.41) is 11.0. The van der Waals surface area contributed by atoms with Gasteiger partial charge in [0.1, 0.15) is 5.82 Å². The number of hydrogen-bond acceptors (Lipinski definition) is 5. The van der Waals surface area contributed by atoms with E-state index in [1.54, 1.807) is 19.1 Å². The van der Waals surface area contributed by atoms with Crippen LogP contribution in [0.5, 0.6) is 0 Å². The van der Waals surface area contributed by atoms with Crippen LogP contribution in [0.2, 0.25) is 0 Å². The van der Waals surface area contributed by atoms with Crippen LogP contribution in [-0.2, 0) is 4.79 Å². The molecule has 0 spiro atoms. The van der Waals surface area contributed by atoms with E-state index in [0.29, 0.717) is 10.8 Å². The largest absolute Gasteiger partial charge is 0.369 e.